The number of nitrogens with zero attached hydrogens (tertiary/aromatic N) is 3. The molecule has 3 rings (SSSR count). The van der Waals surface area contributed by atoms with E-state index >= 15 is 0 Å². The highest BCUT2D eigenvalue weighted by molar-refractivity contribution is 5.95. The number of carbonyl (C=O) groups is 3. The number of benzene rings is 1. The van der Waals surface area contributed by atoms with E-state index in [-0.39, 0.29) is 24.7 Å². The zero-order valence-electron chi connectivity index (χ0n) is 16.8. The maximum Gasteiger partial charge on any atom is 0.407 e. The average Bonchev–Trinajstić information content (AvgIpc) is 3.19. The van der Waals surface area contributed by atoms with Crippen molar-refractivity contribution < 1.29 is 23.9 Å². The Morgan fingerprint density at radius 1 is 1.30 bits per heavy atom. The van der Waals surface area contributed by atoms with Crippen LogP contribution in [-0.4, -0.2) is 71.5 Å². The van der Waals surface area contributed by atoms with Gasteiger partial charge in [-0.15, -0.1) is 0 Å². The molecule has 30 heavy (non-hydrogen) atoms. The van der Waals surface area contributed by atoms with Crippen LogP contribution >= 0.6 is 0 Å². The van der Waals surface area contributed by atoms with Crippen LogP contribution in [0.4, 0.5) is 9.18 Å². The molecule has 2 fully saturated rings. The number of Topliss-reactive ketones (excluding diaryl/α,β-unsaturated/α-hetero) is 1. The molecule has 160 valence electrons. The van der Waals surface area contributed by atoms with Crippen molar-refractivity contribution in [2.75, 3.05) is 33.2 Å². The summed E-state index contributed by atoms with van der Waals surface area (Å²) in [5, 5.41) is 21.6. The minimum absolute atomic E-state index is 0.171. The van der Waals surface area contributed by atoms with E-state index in [1.807, 2.05) is 6.07 Å². The summed E-state index contributed by atoms with van der Waals surface area (Å²) in [4.78, 5) is 40.3. The molecule has 0 aliphatic carbocycles. The minimum atomic E-state index is -1.31. The number of piperidine rings is 1. The third-order valence-electron chi connectivity index (χ3n) is 6.35. The lowest BCUT2D eigenvalue weighted by atomic mass is 9.72. The Morgan fingerprint density at radius 2 is 1.93 bits per heavy atom. The molecule has 1 aromatic carbocycles. The van der Waals surface area contributed by atoms with Crippen LogP contribution in [0.2, 0.25) is 0 Å². The van der Waals surface area contributed by atoms with E-state index < -0.39 is 29.3 Å². The lowest BCUT2D eigenvalue weighted by Gasteiger charge is -2.43. The first-order valence-corrected chi connectivity index (χ1v) is 9.93. The van der Waals surface area contributed by atoms with E-state index in [9.17, 15) is 23.9 Å². The predicted octanol–water partition coefficient (Wildman–Crippen LogP) is 1.58. The second kappa shape index (κ2) is 8.79. The van der Waals surface area contributed by atoms with Gasteiger partial charge < -0.3 is 15.3 Å². The van der Waals surface area contributed by atoms with Crippen molar-refractivity contribution in [1.29, 1.82) is 5.26 Å². The van der Waals surface area contributed by atoms with Crippen molar-refractivity contribution in [1.82, 2.24) is 15.1 Å². The number of amides is 2. The van der Waals surface area contributed by atoms with Crippen molar-refractivity contribution in [2.45, 2.75) is 30.7 Å². The fourth-order valence-corrected chi connectivity index (χ4v) is 4.66. The van der Waals surface area contributed by atoms with Crippen molar-refractivity contribution in [3.05, 3.63) is 35.6 Å². The highest BCUT2D eigenvalue weighted by Gasteiger charge is 2.56. The molecular weight excluding hydrogens is 391 g/mol. The second-order valence-corrected chi connectivity index (χ2v) is 7.86. The Morgan fingerprint density at radius 3 is 2.50 bits per heavy atom. The molecule has 0 spiro atoms. The van der Waals surface area contributed by atoms with Crippen molar-refractivity contribution in [3.8, 4) is 6.07 Å². The SMILES string of the molecule is CN(C(=O)O)[C@]1(C(=O)C2CCN(C(=O)CC#N)CC2)CNC[C@H]1c1ccc(F)cc1. The smallest absolute Gasteiger partial charge is 0.407 e. The minimum Gasteiger partial charge on any atom is -0.465 e. The van der Waals surface area contributed by atoms with Crippen LogP contribution in [0.3, 0.4) is 0 Å². The Kier molecular flexibility index (Phi) is 6.37. The number of hydrogen-bond acceptors (Lipinski definition) is 5. The molecule has 2 saturated heterocycles. The number of carbonyl (C=O) groups excluding carboxylic acids is 2. The van der Waals surface area contributed by atoms with Gasteiger partial charge in [-0.3, -0.25) is 14.5 Å². The van der Waals surface area contributed by atoms with Crippen LogP contribution in [0.15, 0.2) is 24.3 Å². The van der Waals surface area contributed by atoms with Gasteiger partial charge in [0.25, 0.3) is 0 Å². The summed E-state index contributed by atoms with van der Waals surface area (Å²) in [5.74, 6) is -1.69. The Hall–Kier alpha value is -2.99. The van der Waals surface area contributed by atoms with Crippen LogP contribution in [0, 0.1) is 23.1 Å². The van der Waals surface area contributed by atoms with Gasteiger partial charge in [0.15, 0.2) is 5.78 Å². The molecule has 1 aromatic rings. The van der Waals surface area contributed by atoms with E-state index in [0.717, 1.165) is 4.90 Å². The molecule has 0 aromatic heterocycles. The predicted molar refractivity (Wildman–Crippen MR) is 105 cm³/mol. The summed E-state index contributed by atoms with van der Waals surface area (Å²) in [6, 6.07) is 7.64. The molecule has 2 heterocycles. The van der Waals surface area contributed by atoms with E-state index in [1.54, 1.807) is 17.0 Å². The maximum atomic E-state index is 13.7. The molecule has 2 aliphatic heterocycles. The summed E-state index contributed by atoms with van der Waals surface area (Å²) in [7, 11) is 1.40. The molecule has 0 saturated carbocycles. The fourth-order valence-electron chi connectivity index (χ4n) is 4.66. The number of hydrogen-bond donors (Lipinski definition) is 2. The van der Waals surface area contributed by atoms with E-state index in [4.69, 9.17) is 5.26 Å². The summed E-state index contributed by atoms with van der Waals surface area (Å²) < 4.78 is 13.4. The summed E-state index contributed by atoms with van der Waals surface area (Å²) >= 11 is 0. The zero-order chi connectivity index (χ0) is 21.9. The Bertz CT molecular complexity index is 861. The molecule has 9 heteroatoms. The molecular formula is C21H25FN4O4. The Balaban J connectivity index is 1.88. The molecule has 8 nitrogen and oxygen atoms in total. The number of ketones is 1. The van der Waals surface area contributed by atoms with Gasteiger partial charge in [-0.25, -0.2) is 9.18 Å². The molecule has 0 bridgehead atoms. The largest absolute Gasteiger partial charge is 0.465 e. The number of likely N-dealkylation sites (N-methyl/N-ethyl adjacent to an activating group) is 1. The topological polar surface area (TPSA) is 114 Å². The van der Waals surface area contributed by atoms with Crippen molar-refractivity contribution in [3.63, 3.8) is 0 Å². The monoisotopic (exact) mass is 416 g/mol. The van der Waals surface area contributed by atoms with Crippen LogP contribution in [-0.2, 0) is 9.59 Å². The van der Waals surface area contributed by atoms with E-state index in [2.05, 4.69) is 5.32 Å². The van der Waals surface area contributed by atoms with Gasteiger partial charge >= 0.3 is 6.09 Å². The quantitative estimate of drug-likeness (QED) is 0.753. The highest BCUT2D eigenvalue weighted by atomic mass is 19.1. The lowest BCUT2D eigenvalue weighted by Crippen LogP contribution is -2.62. The number of nitrogens with one attached hydrogen (secondary N) is 1. The first kappa shape index (κ1) is 21.7. The molecule has 0 radical (unpaired) electrons. The van der Waals surface area contributed by atoms with Crippen LogP contribution < -0.4 is 5.32 Å². The molecule has 0 unspecified atom stereocenters. The summed E-state index contributed by atoms with van der Waals surface area (Å²) in [6.45, 7) is 1.29. The summed E-state index contributed by atoms with van der Waals surface area (Å²) in [5.41, 5.74) is -0.614. The number of halogens is 1. The van der Waals surface area contributed by atoms with Crippen molar-refractivity contribution in [2.24, 2.45) is 5.92 Å². The van der Waals surface area contributed by atoms with E-state index in [0.29, 0.717) is 38.0 Å². The van der Waals surface area contributed by atoms with Gasteiger partial charge in [0.05, 0.1) is 6.07 Å². The van der Waals surface area contributed by atoms with E-state index in [1.165, 1.54) is 19.2 Å². The first-order valence-electron chi connectivity index (χ1n) is 9.93. The Labute approximate surface area is 174 Å². The standard InChI is InChI=1S/C21H25FN4O4/c1-25(20(29)30)21(13-24-12-17(21)14-2-4-16(22)5-3-14)19(28)15-7-10-26(11-8-15)18(27)6-9-23/h2-5,15,17,24H,6-8,10-13H2,1H3,(H,29,30)/t17-,21+/m0/s1. The average molecular weight is 416 g/mol. The van der Waals surface area contributed by atoms with Gasteiger partial charge in [-0.1, -0.05) is 12.1 Å². The number of likely N-dealkylation sites (tertiary alicyclic amines) is 1. The number of rotatable bonds is 5. The van der Waals surface area contributed by atoms with Gasteiger partial charge in [-0.05, 0) is 30.5 Å². The molecule has 2 amide bonds. The van der Waals surface area contributed by atoms with Gasteiger partial charge in [0.2, 0.25) is 5.91 Å². The molecule has 2 atom stereocenters. The fraction of sp³-hybridized carbons (Fsp3) is 0.524. The van der Waals surface area contributed by atoms with Crippen LogP contribution in [0.25, 0.3) is 0 Å². The third-order valence-corrected chi connectivity index (χ3v) is 6.35. The third kappa shape index (κ3) is 3.87. The number of carboxylic acid groups (broad SMARTS) is 1. The zero-order valence-corrected chi connectivity index (χ0v) is 16.8. The normalized spacial score (nSPS) is 24.3. The molecule has 2 N–H and O–H groups in total. The van der Waals surface area contributed by atoms with Crippen LogP contribution in [0.1, 0.15) is 30.7 Å². The number of nitriles is 1. The lowest BCUT2D eigenvalue weighted by molar-refractivity contribution is -0.139. The van der Waals surface area contributed by atoms with Gasteiger partial charge in [0.1, 0.15) is 17.8 Å². The molecule has 2 aliphatic rings. The second-order valence-electron chi connectivity index (χ2n) is 7.86. The summed E-state index contributed by atoms with van der Waals surface area (Å²) in [6.07, 6.45) is -0.565. The highest BCUT2D eigenvalue weighted by Crippen LogP contribution is 2.40. The first-order chi connectivity index (χ1) is 14.3. The van der Waals surface area contributed by atoms with Gasteiger partial charge in [-0.2, -0.15) is 5.26 Å². The maximum absolute atomic E-state index is 13.7. The van der Waals surface area contributed by atoms with Crippen LogP contribution in [0.5, 0.6) is 0 Å². The van der Waals surface area contributed by atoms with Crippen molar-refractivity contribution >= 4 is 17.8 Å². The van der Waals surface area contributed by atoms with Gasteiger partial charge in [0, 0.05) is 45.1 Å².